The molecule has 0 saturated heterocycles. The van der Waals surface area contributed by atoms with E-state index >= 15 is 0 Å². The summed E-state index contributed by atoms with van der Waals surface area (Å²) < 4.78 is 4.83. The predicted molar refractivity (Wildman–Crippen MR) is 72.3 cm³/mol. The Kier molecular flexibility index (Phi) is 9.10. The fourth-order valence-electron chi connectivity index (χ4n) is 1.48. The molecule has 116 valence electrons. The minimum absolute atomic E-state index is 0.256. The lowest BCUT2D eigenvalue weighted by Crippen LogP contribution is -2.52. The summed E-state index contributed by atoms with van der Waals surface area (Å²) in [6, 6.07) is -2.43. The second-order valence-corrected chi connectivity index (χ2v) is 4.26. The van der Waals surface area contributed by atoms with Crippen molar-refractivity contribution in [2.45, 2.75) is 38.8 Å². The van der Waals surface area contributed by atoms with Crippen molar-refractivity contribution in [2.75, 3.05) is 20.3 Å². The molecule has 4 N–H and O–H groups in total. The first-order chi connectivity index (χ1) is 9.42. The number of urea groups is 1. The highest BCUT2D eigenvalue weighted by molar-refractivity contribution is 5.88. The van der Waals surface area contributed by atoms with Crippen LogP contribution in [-0.4, -0.2) is 55.4 Å². The lowest BCUT2D eigenvalue weighted by molar-refractivity contribution is -0.139. The molecule has 8 heteroatoms. The van der Waals surface area contributed by atoms with E-state index in [1.165, 1.54) is 14.0 Å². The molecule has 0 spiro atoms. The smallest absolute Gasteiger partial charge is 0.326 e. The number of rotatable bonds is 9. The Hall–Kier alpha value is -1.83. The quantitative estimate of drug-likeness (QED) is 0.434. The molecule has 0 bridgehead atoms. The first-order valence-electron chi connectivity index (χ1n) is 6.48. The van der Waals surface area contributed by atoms with E-state index < -0.39 is 24.1 Å². The van der Waals surface area contributed by atoms with Gasteiger partial charge in [0.25, 0.3) is 0 Å². The molecule has 2 unspecified atom stereocenters. The molecule has 0 saturated carbocycles. The fraction of sp³-hybridized carbons (Fsp3) is 0.750. The molecule has 0 fully saturated rings. The number of ether oxygens (including phenoxy) is 1. The van der Waals surface area contributed by atoms with Gasteiger partial charge in [-0.2, -0.15) is 0 Å². The fourth-order valence-corrected chi connectivity index (χ4v) is 1.48. The number of carboxylic acids is 1. The minimum atomic E-state index is -1.12. The van der Waals surface area contributed by atoms with E-state index in [0.29, 0.717) is 19.6 Å². The predicted octanol–water partition coefficient (Wildman–Crippen LogP) is -0.310. The average molecular weight is 289 g/mol. The van der Waals surface area contributed by atoms with Gasteiger partial charge in [-0.1, -0.05) is 0 Å². The third-order valence-electron chi connectivity index (χ3n) is 2.54. The van der Waals surface area contributed by atoms with Crippen molar-refractivity contribution in [3.63, 3.8) is 0 Å². The first-order valence-corrected chi connectivity index (χ1v) is 6.48. The molecule has 0 aliphatic rings. The van der Waals surface area contributed by atoms with Crippen LogP contribution < -0.4 is 16.0 Å². The van der Waals surface area contributed by atoms with Crippen LogP contribution in [0.25, 0.3) is 0 Å². The van der Waals surface area contributed by atoms with Gasteiger partial charge in [0.15, 0.2) is 0 Å². The van der Waals surface area contributed by atoms with Crippen LogP contribution in [0.4, 0.5) is 4.79 Å². The average Bonchev–Trinajstić information content (AvgIpc) is 2.37. The maximum Gasteiger partial charge on any atom is 0.326 e. The SMILES string of the molecule is CCNC(=O)C(C)NC(=O)NC(CCCOC)C(=O)O. The second-order valence-electron chi connectivity index (χ2n) is 4.26. The zero-order valence-electron chi connectivity index (χ0n) is 12.1. The summed E-state index contributed by atoms with van der Waals surface area (Å²) >= 11 is 0. The number of carbonyl (C=O) groups is 3. The lowest BCUT2D eigenvalue weighted by atomic mass is 10.1. The molecule has 0 aromatic rings. The van der Waals surface area contributed by atoms with Gasteiger partial charge in [-0.05, 0) is 26.7 Å². The first kappa shape index (κ1) is 18.2. The molecule has 2 atom stereocenters. The Morgan fingerprint density at radius 2 is 1.90 bits per heavy atom. The van der Waals surface area contributed by atoms with Gasteiger partial charge in [-0.15, -0.1) is 0 Å². The zero-order valence-corrected chi connectivity index (χ0v) is 12.1. The lowest BCUT2D eigenvalue weighted by Gasteiger charge is -2.18. The molecule has 0 aliphatic carbocycles. The van der Waals surface area contributed by atoms with Gasteiger partial charge in [-0.3, -0.25) is 4.79 Å². The normalized spacial score (nSPS) is 13.2. The van der Waals surface area contributed by atoms with Crippen LogP contribution in [0.3, 0.4) is 0 Å². The monoisotopic (exact) mass is 289 g/mol. The molecule has 8 nitrogen and oxygen atoms in total. The highest BCUT2D eigenvalue weighted by atomic mass is 16.5. The molecule has 0 radical (unpaired) electrons. The van der Waals surface area contributed by atoms with Crippen molar-refractivity contribution in [1.82, 2.24) is 16.0 Å². The van der Waals surface area contributed by atoms with Crippen LogP contribution in [0, 0.1) is 0 Å². The van der Waals surface area contributed by atoms with Crippen molar-refractivity contribution in [3.05, 3.63) is 0 Å². The highest BCUT2D eigenvalue weighted by Gasteiger charge is 2.21. The van der Waals surface area contributed by atoms with Crippen LogP contribution in [0.1, 0.15) is 26.7 Å². The molecular formula is C12H23N3O5. The summed E-state index contributed by atoms with van der Waals surface area (Å²) in [5, 5.41) is 16.2. The molecule has 0 aromatic carbocycles. The standard InChI is InChI=1S/C12H23N3O5/c1-4-13-10(16)8(2)14-12(19)15-9(11(17)18)6-5-7-20-3/h8-9H,4-7H2,1-3H3,(H,13,16)(H,17,18)(H2,14,15,19). The van der Waals surface area contributed by atoms with Crippen molar-refractivity contribution in [1.29, 1.82) is 0 Å². The topological polar surface area (TPSA) is 117 Å². The van der Waals surface area contributed by atoms with E-state index in [-0.39, 0.29) is 12.3 Å². The molecule has 0 aromatic heterocycles. The second kappa shape index (κ2) is 10.0. The van der Waals surface area contributed by atoms with Gasteiger partial charge in [0, 0.05) is 20.3 Å². The number of nitrogens with one attached hydrogen (secondary N) is 3. The van der Waals surface area contributed by atoms with Crippen LogP contribution in [-0.2, 0) is 14.3 Å². The third kappa shape index (κ3) is 7.57. The summed E-state index contributed by atoms with van der Waals surface area (Å²) in [7, 11) is 1.52. The van der Waals surface area contributed by atoms with E-state index in [2.05, 4.69) is 16.0 Å². The number of methoxy groups -OCH3 is 1. The van der Waals surface area contributed by atoms with Gasteiger partial charge in [0.2, 0.25) is 5.91 Å². The van der Waals surface area contributed by atoms with Crippen LogP contribution >= 0.6 is 0 Å². The number of hydrogen-bond acceptors (Lipinski definition) is 4. The van der Waals surface area contributed by atoms with E-state index in [1.54, 1.807) is 6.92 Å². The van der Waals surface area contributed by atoms with Gasteiger partial charge in [0.05, 0.1) is 0 Å². The summed E-state index contributed by atoms with van der Waals surface area (Å²) in [5.41, 5.74) is 0. The number of aliphatic carboxylic acids is 1. The van der Waals surface area contributed by atoms with Crippen molar-refractivity contribution in [3.8, 4) is 0 Å². The van der Waals surface area contributed by atoms with Crippen molar-refractivity contribution >= 4 is 17.9 Å². The van der Waals surface area contributed by atoms with Crippen molar-refractivity contribution < 1.29 is 24.2 Å². The number of carboxylic acid groups (broad SMARTS) is 1. The zero-order chi connectivity index (χ0) is 15.5. The number of amides is 3. The van der Waals surface area contributed by atoms with Gasteiger partial charge >= 0.3 is 12.0 Å². The Morgan fingerprint density at radius 3 is 2.40 bits per heavy atom. The third-order valence-corrected chi connectivity index (χ3v) is 2.54. The number of likely N-dealkylation sites (N-methyl/N-ethyl adjacent to an activating group) is 1. The van der Waals surface area contributed by atoms with E-state index in [9.17, 15) is 14.4 Å². The molecule has 0 aliphatic heterocycles. The molecular weight excluding hydrogens is 266 g/mol. The summed E-state index contributed by atoms with van der Waals surface area (Å²) in [5.74, 6) is -1.45. The van der Waals surface area contributed by atoms with Crippen LogP contribution in [0.5, 0.6) is 0 Å². The molecule has 3 amide bonds. The summed E-state index contributed by atoms with van der Waals surface area (Å²) in [4.78, 5) is 34.0. The largest absolute Gasteiger partial charge is 0.480 e. The maximum atomic E-state index is 11.6. The molecule has 20 heavy (non-hydrogen) atoms. The van der Waals surface area contributed by atoms with Crippen molar-refractivity contribution in [2.24, 2.45) is 0 Å². The highest BCUT2D eigenvalue weighted by Crippen LogP contribution is 1.98. The van der Waals surface area contributed by atoms with Gasteiger partial charge in [-0.25, -0.2) is 9.59 Å². The minimum Gasteiger partial charge on any atom is -0.480 e. The van der Waals surface area contributed by atoms with Gasteiger partial charge < -0.3 is 25.8 Å². The van der Waals surface area contributed by atoms with E-state index in [1.807, 2.05) is 0 Å². The van der Waals surface area contributed by atoms with Gasteiger partial charge in [0.1, 0.15) is 12.1 Å². The summed E-state index contributed by atoms with van der Waals surface area (Å²) in [6.45, 7) is 4.16. The Labute approximate surface area is 118 Å². The van der Waals surface area contributed by atoms with Crippen LogP contribution in [0.15, 0.2) is 0 Å². The molecule has 0 heterocycles. The van der Waals surface area contributed by atoms with E-state index in [0.717, 1.165) is 0 Å². The van der Waals surface area contributed by atoms with Crippen LogP contribution in [0.2, 0.25) is 0 Å². The maximum absolute atomic E-state index is 11.6. The summed E-state index contributed by atoms with van der Waals surface area (Å²) in [6.07, 6.45) is 0.770. The Bertz CT molecular complexity index is 335. The van der Waals surface area contributed by atoms with E-state index in [4.69, 9.17) is 9.84 Å². The Balaban J connectivity index is 4.25. The molecule has 0 rings (SSSR count). The number of carbonyl (C=O) groups excluding carboxylic acids is 2. The Morgan fingerprint density at radius 1 is 1.25 bits per heavy atom. The number of hydrogen-bond donors (Lipinski definition) is 4.